The van der Waals surface area contributed by atoms with Crippen LogP contribution in [0.3, 0.4) is 0 Å². The van der Waals surface area contributed by atoms with Gasteiger partial charge in [-0.3, -0.25) is 4.79 Å². The fourth-order valence-corrected chi connectivity index (χ4v) is 1.44. The lowest BCUT2D eigenvalue weighted by molar-refractivity contribution is -0.124. The molecule has 18 heavy (non-hydrogen) atoms. The minimum atomic E-state index is -2.71. The fraction of sp³-hybridized carbons (Fsp3) is 0.308. The predicted octanol–water partition coefficient (Wildman–Crippen LogP) is 2.30. The van der Waals surface area contributed by atoms with E-state index in [2.05, 4.69) is 16.4 Å². The van der Waals surface area contributed by atoms with Crippen LogP contribution in [0.4, 0.5) is 0 Å². The average Bonchev–Trinajstić information content (AvgIpc) is 2.37. The van der Waals surface area contributed by atoms with Crippen LogP contribution in [-0.2, 0) is 13.9 Å². The molecule has 2 unspecified atom stereocenters. The summed E-state index contributed by atoms with van der Waals surface area (Å²) >= 11 is 0. The molecular weight excluding hydrogens is 251 g/mol. The zero-order chi connectivity index (χ0) is 13.4. The Morgan fingerprint density at radius 2 is 2.11 bits per heavy atom. The van der Waals surface area contributed by atoms with E-state index in [0.717, 1.165) is 5.56 Å². The van der Waals surface area contributed by atoms with E-state index in [1.807, 2.05) is 30.3 Å². The van der Waals surface area contributed by atoms with Crippen LogP contribution in [0, 0.1) is 17.8 Å². The summed E-state index contributed by atoms with van der Waals surface area (Å²) in [5.74, 6) is 5.32. The maximum Gasteiger partial charge on any atom is 0.695 e. The molecule has 1 N–H and O–H groups in total. The third-order valence-corrected chi connectivity index (χ3v) is 2.63. The average molecular weight is 265 g/mol. The summed E-state index contributed by atoms with van der Waals surface area (Å²) in [6.45, 7) is 1.37. The van der Waals surface area contributed by atoms with Gasteiger partial charge in [0, 0.05) is 22.5 Å². The van der Waals surface area contributed by atoms with Gasteiger partial charge in [0.2, 0.25) is 0 Å². The topological polar surface area (TPSA) is 63.6 Å². The Labute approximate surface area is 107 Å². The Hall–Kier alpha value is -1.53. The largest absolute Gasteiger partial charge is 0.695 e. The van der Waals surface area contributed by atoms with Gasteiger partial charge in [-0.25, -0.2) is 0 Å². The van der Waals surface area contributed by atoms with Crippen molar-refractivity contribution in [2.24, 2.45) is 5.92 Å². The van der Waals surface area contributed by atoms with E-state index < -0.39 is 8.25 Å². The van der Waals surface area contributed by atoms with Crippen molar-refractivity contribution in [3.05, 3.63) is 35.9 Å². The van der Waals surface area contributed by atoms with Gasteiger partial charge in [0.25, 0.3) is 0 Å². The van der Waals surface area contributed by atoms with Crippen LogP contribution >= 0.6 is 8.25 Å². The van der Waals surface area contributed by atoms with Gasteiger partial charge in [-0.2, -0.15) is 0 Å². The Balaban J connectivity index is 2.41. The molecule has 0 aromatic heterocycles. The zero-order valence-corrected chi connectivity index (χ0v) is 10.9. The van der Waals surface area contributed by atoms with E-state index in [0.29, 0.717) is 6.42 Å². The van der Waals surface area contributed by atoms with Gasteiger partial charge in [-0.15, -0.1) is 9.42 Å². The summed E-state index contributed by atoms with van der Waals surface area (Å²) < 4.78 is 14.6. The van der Waals surface area contributed by atoms with Gasteiger partial charge < -0.3 is 0 Å². The lowest BCUT2D eigenvalue weighted by Gasteiger charge is -2.02. The molecule has 0 bridgehead atoms. The fourth-order valence-electron chi connectivity index (χ4n) is 1.20. The Morgan fingerprint density at radius 1 is 1.44 bits per heavy atom. The minimum absolute atomic E-state index is 0.227. The molecule has 0 amide bonds. The van der Waals surface area contributed by atoms with E-state index in [4.69, 9.17) is 4.89 Å². The highest BCUT2D eigenvalue weighted by atomic mass is 31.1. The van der Waals surface area contributed by atoms with Crippen LogP contribution in [0.2, 0.25) is 0 Å². The van der Waals surface area contributed by atoms with E-state index in [9.17, 15) is 9.36 Å². The van der Waals surface area contributed by atoms with Crippen molar-refractivity contribution >= 4 is 14.0 Å². The first kappa shape index (κ1) is 14.5. The number of hydrogen-bond donors (Lipinski definition) is 1. The molecule has 2 atom stereocenters. The van der Waals surface area contributed by atoms with Crippen molar-refractivity contribution in [3.63, 3.8) is 0 Å². The van der Waals surface area contributed by atoms with Gasteiger partial charge in [0.15, 0.2) is 12.4 Å². The van der Waals surface area contributed by atoms with Crippen molar-refractivity contribution in [2.45, 2.75) is 13.3 Å². The summed E-state index contributed by atoms with van der Waals surface area (Å²) in [5.41, 5.74) is 0.895. The van der Waals surface area contributed by atoms with Crippen LogP contribution in [0.1, 0.15) is 18.9 Å². The second-order valence-corrected chi connectivity index (χ2v) is 4.48. The first-order valence-electron chi connectivity index (χ1n) is 5.45. The van der Waals surface area contributed by atoms with Gasteiger partial charge in [0.05, 0.1) is 0 Å². The highest BCUT2D eigenvalue weighted by Gasteiger charge is 2.19. The maximum absolute atomic E-state index is 11.5. The summed E-state index contributed by atoms with van der Waals surface area (Å²) in [6.07, 6.45) is 0.402. The SMILES string of the molecule is CC(CC#Cc1ccccc1)C(=O)CO[P+](=O)O. The first-order valence-corrected chi connectivity index (χ1v) is 6.58. The van der Waals surface area contributed by atoms with Crippen molar-refractivity contribution < 1.29 is 18.8 Å². The molecule has 0 aliphatic rings. The molecule has 1 rings (SSSR count). The van der Waals surface area contributed by atoms with Crippen LogP contribution in [0.5, 0.6) is 0 Å². The molecule has 0 aliphatic heterocycles. The number of Topliss-reactive ketones (excluding diaryl/α,β-unsaturated/α-hetero) is 1. The second kappa shape index (κ2) is 7.73. The Kier molecular flexibility index (Phi) is 6.24. The van der Waals surface area contributed by atoms with Gasteiger partial charge in [-0.05, 0) is 12.1 Å². The molecular formula is C13H14O4P+. The second-order valence-electron chi connectivity index (χ2n) is 3.75. The molecule has 5 heteroatoms. The monoisotopic (exact) mass is 265 g/mol. The van der Waals surface area contributed by atoms with E-state index in [-0.39, 0.29) is 18.3 Å². The van der Waals surface area contributed by atoms with Crippen LogP contribution in [-0.4, -0.2) is 17.3 Å². The molecule has 0 radical (unpaired) electrons. The van der Waals surface area contributed by atoms with Gasteiger partial charge >= 0.3 is 8.25 Å². The van der Waals surface area contributed by atoms with Crippen molar-refractivity contribution in [3.8, 4) is 11.8 Å². The third-order valence-electron chi connectivity index (χ3n) is 2.28. The van der Waals surface area contributed by atoms with Crippen LogP contribution < -0.4 is 0 Å². The number of carbonyl (C=O) groups is 1. The molecule has 4 nitrogen and oxygen atoms in total. The summed E-state index contributed by atoms with van der Waals surface area (Å²) in [4.78, 5) is 19.9. The molecule has 1 aromatic carbocycles. The number of carbonyl (C=O) groups excluding carboxylic acids is 1. The predicted molar refractivity (Wildman–Crippen MR) is 67.9 cm³/mol. The third kappa shape index (κ3) is 5.70. The van der Waals surface area contributed by atoms with Crippen LogP contribution in [0.15, 0.2) is 30.3 Å². The number of hydrogen-bond acceptors (Lipinski definition) is 3. The molecule has 1 aromatic rings. The number of benzene rings is 1. The summed E-state index contributed by atoms with van der Waals surface area (Å²) in [5, 5.41) is 0. The maximum atomic E-state index is 11.5. The van der Waals surface area contributed by atoms with Crippen molar-refractivity contribution in [1.82, 2.24) is 0 Å². The molecule has 0 spiro atoms. The highest BCUT2D eigenvalue weighted by molar-refractivity contribution is 7.32. The van der Waals surface area contributed by atoms with Crippen molar-refractivity contribution in [1.29, 1.82) is 0 Å². The summed E-state index contributed by atoms with van der Waals surface area (Å²) in [7, 11) is -2.71. The first-order chi connectivity index (χ1) is 8.59. The Morgan fingerprint density at radius 3 is 2.72 bits per heavy atom. The molecule has 0 fully saturated rings. The number of ketones is 1. The lowest BCUT2D eigenvalue weighted by atomic mass is 10.0. The van der Waals surface area contributed by atoms with Gasteiger partial charge in [0.1, 0.15) is 0 Å². The molecule has 0 saturated heterocycles. The smallest absolute Gasteiger partial charge is 0.297 e. The van der Waals surface area contributed by atoms with E-state index in [1.165, 1.54) is 0 Å². The Bertz CT molecular complexity index is 473. The van der Waals surface area contributed by atoms with E-state index in [1.54, 1.807) is 6.92 Å². The highest BCUT2D eigenvalue weighted by Crippen LogP contribution is 2.15. The summed E-state index contributed by atoms with van der Waals surface area (Å²) in [6, 6.07) is 9.47. The normalized spacial score (nSPS) is 12.2. The quantitative estimate of drug-likeness (QED) is 0.655. The van der Waals surface area contributed by atoms with Crippen LogP contribution in [0.25, 0.3) is 0 Å². The van der Waals surface area contributed by atoms with Crippen molar-refractivity contribution in [2.75, 3.05) is 6.61 Å². The number of rotatable bonds is 5. The minimum Gasteiger partial charge on any atom is -0.297 e. The standard InChI is InChI=1S/C13H13O4P/c1-11(13(14)10-17-18(15)16)6-5-9-12-7-3-2-4-8-12/h2-4,7-8,11H,6,10H2,1H3/p+1. The van der Waals surface area contributed by atoms with E-state index >= 15 is 0 Å². The molecule has 0 aliphatic carbocycles. The lowest BCUT2D eigenvalue weighted by Crippen LogP contribution is -2.15. The zero-order valence-electron chi connectivity index (χ0n) is 10.00. The van der Waals surface area contributed by atoms with Gasteiger partial charge in [-0.1, -0.05) is 37.0 Å². The molecule has 0 saturated carbocycles. The molecule has 0 heterocycles. The molecule has 94 valence electrons.